The first-order chi connectivity index (χ1) is 12.5. The average molecular weight is 398 g/mol. The zero-order chi connectivity index (χ0) is 20.4. The van der Waals surface area contributed by atoms with E-state index in [4.69, 9.17) is 9.84 Å². The number of aliphatic carboxylic acids is 1. The quantitative estimate of drug-likeness (QED) is 0.583. The second-order valence-electron chi connectivity index (χ2n) is 7.36. The van der Waals surface area contributed by atoms with Crippen LogP contribution in [-0.4, -0.2) is 44.1 Å². The van der Waals surface area contributed by atoms with E-state index < -0.39 is 27.4 Å². The Bertz CT molecular complexity index is 832. The predicted octanol–water partition coefficient (Wildman–Crippen LogP) is 1.76. The molecule has 1 atom stereocenters. The standard InChI is InChI=1S/C18H26N2O6S/c1-11(2)18(3,10-16(21)22)19-17(23)12-5-8-14(26-4)15(9-12)27(24,25)20-13-6-7-13/h5,8-9,11,13,20H,6-7,10H2,1-4H3,(H,19,23)(H,21,22). The van der Waals surface area contributed by atoms with Gasteiger partial charge in [0.05, 0.1) is 19.1 Å². The highest BCUT2D eigenvalue weighted by Crippen LogP contribution is 2.29. The van der Waals surface area contributed by atoms with E-state index in [9.17, 15) is 18.0 Å². The van der Waals surface area contributed by atoms with Crippen molar-refractivity contribution >= 4 is 21.9 Å². The zero-order valence-corrected chi connectivity index (χ0v) is 16.7. The highest BCUT2D eigenvalue weighted by molar-refractivity contribution is 7.89. The number of carboxylic acids is 1. The fraction of sp³-hybridized carbons (Fsp3) is 0.556. The largest absolute Gasteiger partial charge is 0.495 e. The Labute approximate surface area is 159 Å². The van der Waals surface area contributed by atoms with Crippen LogP contribution in [0.3, 0.4) is 0 Å². The molecular weight excluding hydrogens is 372 g/mol. The fourth-order valence-corrected chi connectivity index (χ4v) is 4.05. The SMILES string of the molecule is COc1ccc(C(=O)NC(C)(CC(=O)O)C(C)C)cc1S(=O)(=O)NC1CC1. The molecule has 2 rings (SSSR count). The molecule has 1 aromatic rings. The first-order valence-corrected chi connectivity index (χ1v) is 10.2. The van der Waals surface area contributed by atoms with Gasteiger partial charge in [-0.3, -0.25) is 9.59 Å². The molecule has 8 nitrogen and oxygen atoms in total. The molecule has 27 heavy (non-hydrogen) atoms. The minimum atomic E-state index is -3.82. The number of hydrogen-bond donors (Lipinski definition) is 3. The molecule has 0 spiro atoms. The van der Waals surface area contributed by atoms with Gasteiger partial charge in [-0.2, -0.15) is 0 Å². The van der Waals surface area contributed by atoms with Crippen molar-refractivity contribution < 1.29 is 27.9 Å². The maximum atomic E-state index is 12.7. The average Bonchev–Trinajstić information content (AvgIpc) is 3.36. The van der Waals surface area contributed by atoms with Crippen LogP contribution in [0.25, 0.3) is 0 Å². The Balaban J connectivity index is 2.33. The minimum absolute atomic E-state index is 0.0861. The number of carbonyl (C=O) groups excluding carboxylic acids is 1. The van der Waals surface area contributed by atoms with Crippen molar-refractivity contribution in [2.75, 3.05) is 7.11 Å². The lowest BCUT2D eigenvalue weighted by molar-refractivity contribution is -0.138. The number of benzene rings is 1. The lowest BCUT2D eigenvalue weighted by Gasteiger charge is -2.33. The molecule has 0 radical (unpaired) electrons. The second-order valence-corrected chi connectivity index (χ2v) is 9.04. The maximum Gasteiger partial charge on any atom is 0.305 e. The molecule has 1 unspecified atom stereocenters. The van der Waals surface area contributed by atoms with Gasteiger partial charge in [-0.15, -0.1) is 0 Å². The van der Waals surface area contributed by atoms with E-state index in [2.05, 4.69) is 10.0 Å². The summed E-state index contributed by atoms with van der Waals surface area (Å²) in [5.74, 6) is -1.58. The van der Waals surface area contributed by atoms with Gasteiger partial charge in [0.1, 0.15) is 10.6 Å². The van der Waals surface area contributed by atoms with E-state index in [1.807, 2.05) is 13.8 Å². The number of hydrogen-bond acceptors (Lipinski definition) is 5. The highest BCUT2D eigenvalue weighted by Gasteiger charge is 2.34. The Morgan fingerprint density at radius 3 is 2.44 bits per heavy atom. The summed E-state index contributed by atoms with van der Waals surface area (Å²) in [6, 6.07) is 4.03. The normalized spacial score (nSPS) is 16.6. The van der Waals surface area contributed by atoms with Crippen LogP contribution in [0.5, 0.6) is 5.75 Å². The number of amides is 1. The van der Waals surface area contributed by atoms with Crippen molar-refractivity contribution in [3.05, 3.63) is 23.8 Å². The van der Waals surface area contributed by atoms with Crippen molar-refractivity contribution in [2.24, 2.45) is 5.92 Å². The summed E-state index contributed by atoms with van der Waals surface area (Å²) in [5, 5.41) is 11.9. The minimum Gasteiger partial charge on any atom is -0.495 e. The first-order valence-electron chi connectivity index (χ1n) is 8.73. The van der Waals surface area contributed by atoms with E-state index in [0.29, 0.717) is 0 Å². The van der Waals surface area contributed by atoms with Gasteiger partial charge in [0.2, 0.25) is 10.0 Å². The lowest BCUT2D eigenvalue weighted by Crippen LogP contribution is -2.51. The van der Waals surface area contributed by atoms with Crippen LogP contribution < -0.4 is 14.8 Å². The summed E-state index contributed by atoms with van der Waals surface area (Å²) in [6.07, 6.45) is 1.31. The molecule has 1 saturated carbocycles. The second kappa shape index (κ2) is 7.85. The zero-order valence-electron chi connectivity index (χ0n) is 15.9. The van der Waals surface area contributed by atoms with E-state index >= 15 is 0 Å². The van der Waals surface area contributed by atoms with E-state index in [1.165, 1.54) is 25.3 Å². The third-order valence-corrected chi connectivity index (χ3v) is 6.35. The molecule has 1 aliphatic rings. The van der Waals surface area contributed by atoms with Gasteiger partial charge in [0.25, 0.3) is 5.91 Å². The topological polar surface area (TPSA) is 122 Å². The fourth-order valence-electron chi connectivity index (χ4n) is 2.55. The van der Waals surface area contributed by atoms with E-state index in [-0.39, 0.29) is 34.6 Å². The smallest absolute Gasteiger partial charge is 0.305 e. The van der Waals surface area contributed by atoms with Crippen molar-refractivity contribution in [2.45, 2.75) is 56.5 Å². The van der Waals surface area contributed by atoms with Crippen molar-refractivity contribution in [3.8, 4) is 5.75 Å². The molecule has 3 N–H and O–H groups in total. The van der Waals surface area contributed by atoms with Gasteiger partial charge >= 0.3 is 5.97 Å². The Kier molecular flexibility index (Phi) is 6.16. The maximum absolute atomic E-state index is 12.7. The monoisotopic (exact) mass is 398 g/mol. The van der Waals surface area contributed by atoms with Gasteiger partial charge in [0, 0.05) is 11.6 Å². The van der Waals surface area contributed by atoms with Crippen LogP contribution in [0.1, 0.15) is 50.4 Å². The Morgan fingerprint density at radius 2 is 1.96 bits per heavy atom. The molecule has 1 fully saturated rings. The van der Waals surface area contributed by atoms with Crippen LogP contribution in [0, 0.1) is 5.92 Å². The van der Waals surface area contributed by atoms with E-state index in [1.54, 1.807) is 6.92 Å². The molecule has 150 valence electrons. The van der Waals surface area contributed by atoms with Crippen molar-refractivity contribution in [1.29, 1.82) is 0 Å². The number of carbonyl (C=O) groups is 2. The third-order valence-electron chi connectivity index (χ3n) is 4.81. The van der Waals surface area contributed by atoms with E-state index in [0.717, 1.165) is 12.8 Å². The Morgan fingerprint density at radius 1 is 1.33 bits per heavy atom. The number of nitrogens with one attached hydrogen (secondary N) is 2. The number of rotatable bonds is 9. The molecule has 0 heterocycles. The molecular formula is C18H26N2O6S. The summed E-state index contributed by atoms with van der Waals surface area (Å²) in [7, 11) is -2.47. The number of sulfonamides is 1. The van der Waals surface area contributed by atoms with Gasteiger partial charge in [-0.25, -0.2) is 13.1 Å². The van der Waals surface area contributed by atoms with Gasteiger partial charge in [0.15, 0.2) is 0 Å². The lowest BCUT2D eigenvalue weighted by atomic mass is 9.85. The van der Waals surface area contributed by atoms with Gasteiger partial charge in [-0.05, 0) is 43.9 Å². The summed E-state index contributed by atoms with van der Waals surface area (Å²) >= 11 is 0. The van der Waals surface area contributed by atoms with Gasteiger partial charge < -0.3 is 15.2 Å². The number of ether oxygens (including phenoxy) is 1. The number of methoxy groups -OCH3 is 1. The molecule has 1 amide bonds. The predicted molar refractivity (Wildman–Crippen MR) is 99.3 cm³/mol. The highest BCUT2D eigenvalue weighted by atomic mass is 32.2. The van der Waals surface area contributed by atoms with Crippen molar-refractivity contribution in [1.82, 2.24) is 10.0 Å². The molecule has 9 heteroatoms. The Hall–Kier alpha value is -2.13. The molecule has 0 aromatic heterocycles. The summed E-state index contributed by atoms with van der Waals surface area (Å²) in [5.41, 5.74) is -0.863. The summed E-state index contributed by atoms with van der Waals surface area (Å²) < 4.78 is 32.8. The summed E-state index contributed by atoms with van der Waals surface area (Å²) in [4.78, 5) is 23.7. The molecule has 0 saturated heterocycles. The van der Waals surface area contributed by atoms with Crippen LogP contribution >= 0.6 is 0 Å². The molecule has 1 aliphatic carbocycles. The third kappa shape index (κ3) is 5.20. The van der Waals surface area contributed by atoms with Crippen LogP contribution in [0.15, 0.2) is 23.1 Å². The first kappa shape index (κ1) is 21.2. The van der Waals surface area contributed by atoms with Crippen LogP contribution in [0.2, 0.25) is 0 Å². The van der Waals surface area contributed by atoms with Crippen molar-refractivity contribution in [3.63, 3.8) is 0 Å². The summed E-state index contributed by atoms with van der Waals surface area (Å²) in [6.45, 7) is 5.28. The molecule has 0 bridgehead atoms. The number of carboxylic acid groups (broad SMARTS) is 1. The molecule has 0 aliphatic heterocycles. The van der Waals surface area contributed by atoms with Crippen LogP contribution in [-0.2, 0) is 14.8 Å². The van der Waals surface area contributed by atoms with Gasteiger partial charge in [-0.1, -0.05) is 13.8 Å². The molecule has 1 aromatic carbocycles. The van der Waals surface area contributed by atoms with Crippen LogP contribution in [0.4, 0.5) is 0 Å².